The van der Waals surface area contributed by atoms with Crippen LogP contribution in [0.1, 0.15) is 31.7 Å². The van der Waals surface area contributed by atoms with Crippen molar-refractivity contribution in [2.75, 3.05) is 0 Å². The standard InChI is InChI=1S/C12H13Cl/c1-2-3-4-5-8-11-9-6-7-10-12(11)13/h6-7,9-10H,2-4H2,1H3. The molecule has 68 valence electrons. The highest BCUT2D eigenvalue weighted by Crippen LogP contribution is 2.13. The van der Waals surface area contributed by atoms with Gasteiger partial charge in [-0.1, -0.05) is 48.9 Å². The number of unbranched alkanes of at least 4 members (excludes halogenated alkanes) is 2. The van der Waals surface area contributed by atoms with Gasteiger partial charge in [0.05, 0.1) is 5.02 Å². The van der Waals surface area contributed by atoms with E-state index in [1.807, 2.05) is 24.3 Å². The first-order valence-electron chi connectivity index (χ1n) is 4.58. The Bertz CT molecular complexity index is 317. The number of benzene rings is 1. The second kappa shape index (κ2) is 5.67. The molecule has 1 rings (SSSR count). The molecule has 0 amide bonds. The number of rotatable bonds is 2. The third-order valence-electron chi connectivity index (χ3n) is 1.75. The number of hydrogen-bond acceptors (Lipinski definition) is 0. The average Bonchev–Trinajstić information content (AvgIpc) is 2.15. The van der Waals surface area contributed by atoms with Gasteiger partial charge in [-0.15, -0.1) is 0 Å². The van der Waals surface area contributed by atoms with E-state index in [2.05, 4.69) is 18.8 Å². The predicted octanol–water partition coefficient (Wildman–Crippen LogP) is 3.88. The molecule has 0 N–H and O–H groups in total. The zero-order valence-corrected chi connectivity index (χ0v) is 8.56. The Labute approximate surface area is 84.9 Å². The summed E-state index contributed by atoms with van der Waals surface area (Å²) in [5.74, 6) is 6.17. The lowest BCUT2D eigenvalue weighted by atomic mass is 10.2. The van der Waals surface area contributed by atoms with E-state index in [-0.39, 0.29) is 0 Å². The fourth-order valence-corrected chi connectivity index (χ4v) is 1.17. The van der Waals surface area contributed by atoms with Gasteiger partial charge in [0.25, 0.3) is 0 Å². The molecule has 0 unspecified atom stereocenters. The van der Waals surface area contributed by atoms with E-state index in [0.29, 0.717) is 0 Å². The minimum Gasteiger partial charge on any atom is -0.0978 e. The average molecular weight is 193 g/mol. The van der Waals surface area contributed by atoms with Gasteiger partial charge in [-0.05, 0) is 18.6 Å². The van der Waals surface area contributed by atoms with E-state index in [9.17, 15) is 0 Å². The molecule has 0 spiro atoms. The SMILES string of the molecule is CCCCC#Cc1ccccc1Cl. The van der Waals surface area contributed by atoms with Crippen LogP contribution in [0.4, 0.5) is 0 Å². The Kier molecular flexibility index (Phi) is 4.43. The van der Waals surface area contributed by atoms with E-state index in [4.69, 9.17) is 11.6 Å². The van der Waals surface area contributed by atoms with E-state index < -0.39 is 0 Å². The minimum atomic E-state index is 0.742. The van der Waals surface area contributed by atoms with E-state index in [1.54, 1.807) is 0 Å². The maximum atomic E-state index is 5.93. The van der Waals surface area contributed by atoms with Crippen LogP contribution in [0.2, 0.25) is 5.02 Å². The van der Waals surface area contributed by atoms with Crippen molar-refractivity contribution in [3.05, 3.63) is 34.9 Å². The molecule has 0 atom stereocenters. The van der Waals surface area contributed by atoms with Gasteiger partial charge in [0, 0.05) is 12.0 Å². The quantitative estimate of drug-likeness (QED) is 0.493. The molecule has 0 aliphatic heterocycles. The van der Waals surface area contributed by atoms with Crippen molar-refractivity contribution < 1.29 is 0 Å². The summed E-state index contributed by atoms with van der Waals surface area (Å²) in [7, 11) is 0. The summed E-state index contributed by atoms with van der Waals surface area (Å²) in [6.07, 6.45) is 3.32. The Balaban J connectivity index is 2.61. The fraction of sp³-hybridized carbons (Fsp3) is 0.333. The van der Waals surface area contributed by atoms with E-state index >= 15 is 0 Å². The van der Waals surface area contributed by atoms with Crippen LogP contribution in [-0.4, -0.2) is 0 Å². The van der Waals surface area contributed by atoms with Gasteiger partial charge in [0.1, 0.15) is 0 Å². The third-order valence-corrected chi connectivity index (χ3v) is 2.08. The van der Waals surface area contributed by atoms with Crippen molar-refractivity contribution in [3.63, 3.8) is 0 Å². The molecule has 0 aromatic heterocycles. The molecule has 0 nitrogen and oxygen atoms in total. The first-order valence-corrected chi connectivity index (χ1v) is 4.95. The van der Waals surface area contributed by atoms with Gasteiger partial charge in [-0.2, -0.15) is 0 Å². The molecular formula is C12H13Cl. The van der Waals surface area contributed by atoms with Crippen LogP contribution in [-0.2, 0) is 0 Å². The van der Waals surface area contributed by atoms with Crippen LogP contribution in [0.25, 0.3) is 0 Å². The molecule has 0 aliphatic carbocycles. The summed E-state index contributed by atoms with van der Waals surface area (Å²) in [4.78, 5) is 0. The lowest BCUT2D eigenvalue weighted by Gasteiger charge is -1.92. The Morgan fingerprint density at radius 2 is 2.08 bits per heavy atom. The van der Waals surface area contributed by atoms with Gasteiger partial charge < -0.3 is 0 Å². The van der Waals surface area contributed by atoms with Crippen LogP contribution in [0.3, 0.4) is 0 Å². The van der Waals surface area contributed by atoms with Gasteiger partial charge in [0.2, 0.25) is 0 Å². The van der Waals surface area contributed by atoms with Gasteiger partial charge >= 0.3 is 0 Å². The zero-order valence-electron chi connectivity index (χ0n) is 7.81. The summed E-state index contributed by atoms with van der Waals surface area (Å²) >= 11 is 5.93. The van der Waals surface area contributed by atoms with Crippen LogP contribution in [0.15, 0.2) is 24.3 Å². The summed E-state index contributed by atoms with van der Waals surface area (Å²) in [5.41, 5.74) is 0.931. The van der Waals surface area contributed by atoms with Crippen LogP contribution in [0, 0.1) is 11.8 Å². The topological polar surface area (TPSA) is 0 Å². The molecule has 0 saturated heterocycles. The smallest absolute Gasteiger partial charge is 0.0562 e. The second-order valence-corrected chi connectivity index (χ2v) is 3.29. The lowest BCUT2D eigenvalue weighted by Crippen LogP contribution is -1.75. The van der Waals surface area contributed by atoms with Gasteiger partial charge in [-0.25, -0.2) is 0 Å². The monoisotopic (exact) mass is 192 g/mol. The molecule has 0 heterocycles. The summed E-state index contributed by atoms with van der Waals surface area (Å²) < 4.78 is 0. The Hall–Kier alpha value is -0.930. The molecule has 0 saturated carbocycles. The largest absolute Gasteiger partial charge is 0.0978 e. The summed E-state index contributed by atoms with van der Waals surface area (Å²) in [5, 5.41) is 0.742. The second-order valence-electron chi connectivity index (χ2n) is 2.89. The van der Waals surface area contributed by atoms with Crippen LogP contribution < -0.4 is 0 Å². The van der Waals surface area contributed by atoms with Crippen LogP contribution in [0.5, 0.6) is 0 Å². The molecular weight excluding hydrogens is 180 g/mol. The van der Waals surface area contributed by atoms with Crippen LogP contribution >= 0.6 is 11.6 Å². The summed E-state index contributed by atoms with van der Waals surface area (Å²) in [6.45, 7) is 2.16. The van der Waals surface area contributed by atoms with Gasteiger partial charge in [0.15, 0.2) is 0 Å². The first kappa shape index (κ1) is 10.2. The molecule has 1 heteroatoms. The molecule has 0 fully saturated rings. The predicted molar refractivity (Wildman–Crippen MR) is 57.9 cm³/mol. The normalized spacial score (nSPS) is 9.08. The number of hydrogen-bond donors (Lipinski definition) is 0. The van der Waals surface area contributed by atoms with Crippen molar-refractivity contribution in [1.29, 1.82) is 0 Å². The van der Waals surface area contributed by atoms with Crippen molar-refractivity contribution >= 4 is 11.6 Å². The van der Waals surface area contributed by atoms with Crippen molar-refractivity contribution in [2.45, 2.75) is 26.2 Å². The van der Waals surface area contributed by atoms with E-state index in [1.165, 1.54) is 6.42 Å². The minimum absolute atomic E-state index is 0.742. The van der Waals surface area contributed by atoms with Gasteiger partial charge in [-0.3, -0.25) is 0 Å². The first-order chi connectivity index (χ1) is 6.34. The van der Waals surface area contributed by atoms with Crippen molar-refractivity contribution in [3.8, 4) is 11.8 Å². The van der Waals surface area contributed by atoms with Crippen molar-refractivity contribution in [2.24, 2.45) is 0 Å². The van der Waals surface area contributed by atoms with Crippen molar-refractivity contribution in [1.82, 2.24) is 0 Å². The maximum absolute atomic E-state index is 5.93. The molecule has 13 heavy (non-hydrogen) atoms. The molecule has 0 bridgehead atoms. The Morgan fingerprint density at radius 3 is 2.77 bits per heavy atom. The Morgan fingerprint density at radius 1 is 1.31 bits per heavy atom. The number of halogens is 1. The van der Waals surface area contributed by atoms with E-state index in [0.717, 1.165) is 23.4 Å². The molecule has 1 aromatic carbocycles. The lowest BCUT2D eigenvalue weighted by molar-refractivity contribution is 0.828. The molecule has 1 aromatic rings. The highest BCUT2D eigenvalue weighted by molar-refractivity contribution is 6.31. The molecule has 0 aliphatic rings. The molecule has 0 radical (unpaired) electrons. The highest BCUT2D eigenvalue weighted by atomic mass is 35.5. The third kappa shape index (κ3) is 3.53. The maximum Gasteiger partial charge on any atom is 0.0562 e. The summed E-state index contributed by atoms with van der Waals surface area (Å²) in [6, 6.07) is 7.68. The highest BCUT2D eigenvalue weighted by Gasteiger charge is 1.91. The zero-order chi connectivity index (χ0) is 9.52. The fourth-order valence-electron chi connectivity index (χ4n) is 0.985.